The number of amides is 1. The number of carbonyl (C=O) groups is 2. The van der Waals surface area contributed by atoms with E-state index in [9.17, 15) is 24.2 Å². The molecule has 4 N–H and O–H groups in total. The Kier molecular flexibility index (Phi) is 4.96. The van der Waals surface area contributed by atoms with Crippen molar-refractivity contribution >= 4 is 11.9 Å². The quantitative estimate of drug-likeness (QED) is 0.605. The van der Waals surface area contributed by atoms with Crippen molar-refractivity contribution in [2.45, 2.75) is 19.1 Å². The number of aliphatic hydroxyl groups excluding tert-OH is 2. The summed E-state index contributed by atoms with van der Waals surface area (Å²) >= 11 is 0. The molecule has 1 amide bonds. The molecule has 0 radical (unpaired) electrons. The molecular formula is C12H14FNO5. The number of hydrogen-bond acceptors (Lipinski definition) is 4. The van der Waals surface area contributed by atoms with Gasteiger partial charge in [0.15, 0.2) is 0 Å². The summed E-state index contributed by atoms with van der Waals surface area (Å²) in [5.74, 6) is -2.58. The van der Waals surface area contributed by atoms with Crippen molar-refractivity contribution < 1.29 is 29.3 Å². The minimum Gasteiger partial charge on any atom is -0.478 e. The molecule has 0 aliphatic rings. The van der Waals surface area contributed by atoms with Crippen LogP contribution in [0.15, 0.2) is 18.2 Å². The monoisotopic (exact) mass is 271 g/mol. The molecule has 2 unspecified atom stereocenters. The molecule has 1 aromatic carbocycles. The Bertz CT molecular complexity index is 491. The molecule has 0 fully saturated rings. The van der Waals surface area contributed by atoms with E-state index in [0.29, 0.717) is 0 Å². The van der Waals surface area contributed by atoms with Gasteiger partial charge < -0.3 is 20.6 Å². The third-order valence-corrected chi connectivity index (χ3v) is 2.49. The van der Waals surface area contributed by atoms with Crippen LogP contribution in [0.5, 0.6) is 0 Å². The Morgan fingerprint density at radius 2 is 2.00 bits per heavy atom. The van der Waals surface area contributed by atoms with Crippen LogP contribution in [-0.4, -0.2) is 39.8 Å². The number of benzene rings is 1. The number of aliphatic hydroxyl groups is 2. The second kappa shape index (κ2) is 6.26. The average molecular weight is 271 g/mol. The Morgan fingerprint density at radius 3 is 2.53 bits per heavy atom. The van der Waals surface area contributed by atoms with E-state index in [-0.39, 0.29) is 12.1 Å². The van der Waals surface area contributed by atoms with Gasteiger partial charge >= 0.3 is 5.97 Å². The average Bonchev–Trinajstić information content (AvgIpc) is 2.34. The first-order valence-corrected chi connectivity index (χ1v) is 5.46. The van der Waals surface area contributed by atoms with Gasteiger partial charge in [0.25, 0.3) is 0 Å². The van der Waals surface area contributed by atoms with Crippen LogP contribution in [0.1, 0.15) is 28.9 Å². The van der Waals surface area contributed by atoms with Crippen LogP contribution in [0, 0.1) is 5.82 Å². The first kappa shape index (κ1) is 15.1. The lowest BCUT2D eigenvalue weighted by Crippen LogP contribution is -2.34. The van der Waals surface area contributed by atoms with Crippen LogP contribution in [0.2, 0.25) is 0 Å². The van der Waals surface area contributed by atoms with E-state index >= 15 is 0 Å². The number of nitrogens with one attached hydrogen (secondary N) is 1. The van der Waals surface area contributed by atoms with E-state index in [1.54, 1.807) is 0 Å². The summed E-state index contributed by atoms with van der Waals surface area (Å²) in [6.07, 6.45) is -2.94. The molecule has 0 bridgehead atoms. The van der Waals surface area contributed by atoms with Crippen LogP contribution < -0.4 is 5.32 Å². The molecule has 0 saturated carbocycles. The first-order valence-electron chi connectivity index (χ1n) is 5.46. The van der Waals surface area contributed by atoms with Crippen LogP contribution >= 0.6 is 0 Å². The third kappa shape index (κ3) is 4.01. The number of rotatable bonds is 5. The number of hydrogen-bond donors (Lipinski definition) is 4. The Hall–Kier alpha value is -1.99. The fourth-order valence-electron chi connectivity index (χ4n) is 1.54. The molecule has 6 nitrogen and oxygen atoms in total. The second-order valence-corrected chi connectivity index (χ2v) is 3.99. The lowest BCUT2D eigenvalue weighted by atomic mass is 9.98. The normalized spacial score (nSPS) is 13.7. The molecule has 1 rings (SSSR count). The topological polar surface area (TPSA) is 107 Å². The van der Waals surface area contributed by atoms with Gasteiger partial charge in [0.1, 0.15) is 18.0 Å². The predicted molar refractivity (Wildman–Crippen MR) is 63.0 cm³/mol. The summed E-state index contributed by atoms with van der Waals surface area (Å²) < 4.78 is 13.0. The highest BCUT2D eigenvalue weighted by molar-refractivity contribution is 5.89. The maximum absolute atomic E-state index is 13.0. The van der Waals surface area contributed by atoms with E-state index in [1.807, 2.05) is 0 Å². The zero-order valence-corrected chi connectivity index (χ0v) is 10.1. The van der Waals surface area contributed by atoms with Crippen molar-refractivity contribution in [2.75, 3.05) is 6.54 Å². The molecule has 1 aromatic rings. The van der Waals surface area contributed by atoms with Crippen molar-refractivity contribution in [2.24, 2.45) is 0 Å². The number of carboxylic acids is 1. The maximum Gasteiger partial charge on any atom is 0.336 e. The van der Waals surface area contributed by atoms with Crippen molar-refractivity contribution in [3.05, 3.63) is 35.1 Å². The summed E-state index contributed by atoms with van der Waals surface area (Å²) in [5, 5.41) is 30.7. The van der Waals surface area contributed by atoms with E-state index < -0.39 is 35.5 Å². The second-order valence-electron chi connectivity index (χ2n) is 3.99. The fourth-order valence-corrected chi connectivity index (χ4v) is 1.54. The minimum absolute atomic E-state index is 0.119. The number of carboxylic acid groups (broad SMARTS) is 1. The van der Waals surface area contributed by atoms with E-state index in [2.05, 4.69) is 5.32 Å². The van der Waals surface area contributed by atoms with Gasteiger partial charge in [0.2, 0.25) is 5.91 Å². The van der Waals surface area contributed by atoms with Crippen LogP contribution in [0.4, 0.5) is 4.39 Å². The van der Waals surface area contributed by atoms with Gasteiger partial charge in [-0.15, -0.1) is 0 Å². The fraction of sp³-hybridized carbons (Fsp3) is 0.333. The molecule has 0 heterocycles. The highest BCUT2D eigenvalue weighted by atomic mass is 19.1. The Labute approximate surface area is 108 Å². The van der Waals surface area contributed by atoms with E-state index in [0.717, 1.165) is 18.2 Å². The molecule has 0 aromatic heterocycles. The van der Waals surface area contributed by atoms with Gasteiger partial charge in [-0.1, -0.05) is 6.07 Å². The molecule has 104 valence electrons. The molecule has 0 saturated heterocycles. The van der Waals surface area contributed by atoms with E-state index in [1.165, 1.54) is 6.92 Å². The summed E-state index contributed by atoms with van der Waals surface area (Å²) in [6.45, 7) is 0.993. The Morgan fingerprint density at radius 1 is 1.37 bits per heavy atom. The summed E-state index contributed by atoms with van der Waals surface area (Å²) in [4.78, 5) is 21.6. The summed E-state index contributed by atoms with van der Waals surface area (Å²) in [5.41, 5.74) is -0.555. The molecular weight excluding hydrogens is 257 g/mol. The van der Waals surface area contributed by atoms with Crippen molar-refractivity contribution in [3.8, 4) is 0 Å². The lowest BCUT2D eigenvalue weighted by molar-refractivity contribution is -0.119. The van der Waals surface area contributed by atoms with Crippen molar-refractivity contribution in [3.63, 3.8) is 0 Å². The van der Waals surface area contributed by atoms with Crippen LogP contribution in [0.25, 0.3) is 0 Å². The highest BCUT2D eigenvalue weighted by Gasteiger charge is 2.24. The molecule has 19 heavy (non-hydrogen) atoms. The molecule has 0 aliphatic carbocycles. The molecule has 0 spiro atoms. The molecule has 7 heteroatoms. The Balaban J connectivity index is 2.95. The van der Waals surface area contributed by atoms with Crippen LogP contribution in [-0.2, 0) is 4.79 Å². The summed E-state index contributed by atoms with van der Waals surface area (Å²) in [7, 11) is 0. The maximum atomic E-state index is 13.0. The number of aromatic carboxylic acids is 1. The third-order valence-electron chi connectivity index (χ3n) is 2.49. The highest BCUT2D eigenvalue weighted by Crippen LogP contribution is 2.22. The van der Waals surface area contributed by atoms with Gasteiger partial charge in [-0.25, -0.2) is 9.18 Å². The lowest BCUT2D eigenvalue weighted by Gasteiger charge is -2.19. The predicted octanol–water partition coefficient (Wildman–Crippen LogP) is 0.0543. The summed E-state index contributed by atoms with van der Waals surface area (Å²) in [6, 6.07) is 2.82. The van der Waals surface area contributed by atoms with Gasteiger partial charge in [-0.2, -0.15) is 0 Å². The van der Waals surface area contributed by atoms with Crippen LogP contribution in [0.3, 0.4) is 0 Å². The van der Waals surface area contributed by atoms with Gasteiger partial charge in [0, 0.05) is 13.5 Å². The zero-order chi connectivity index (χ0) is 14.6. The number of carbonyl (C=O) groups excluding carboxylic acids is 1. The standard InChI is InChI=1S/C12H14FNO5/c1-6(15)14-5-10(16)11(17)8-3-2-7(13)4-9(8)12(18)19/h2-4,10-11,16-17H,5H2,1H3,(H,14,15)(H,18,19). The molecule has 2 atom stereocenters. The van der Waals surface area contributed by atoms with Gasteiger partial charge in [0.05, 0.1) is 5.56 Å². The van der Waals surface area contributed by atoms with Crippen molar-refractivity contribution in [1.82, 2.24) is 5.32 Å². The minimum atomic E-state index is -1.54. The van der Waals surface area contributed by atoms with Gasteiger partial charge in [-0.3, -0.25) is 4.79 Å². The van der Waals surface area contributed by atoms with Crippen molar-refractivity contribution in [1.29, 1.82) is 0 Å². The largest absolute Gasteiger partial charge is 0.478 e. The smallest absolute Gasteiger partial charge is 0.336 e. The molecule has 0 aliphatic heterocycles. The van der Waals surface area contributed by atoms with E-state index in [4.69, 9.17) is 5.11 Å². The zero-order valence-electron chi connectivity index (χ0n) is 10.1. The first-order chi connectivity index (χ1) is 8.82. The van der Waals surface area contributed by atoms with Gasteiger partial charge in [-0.05, 0) is 17.7 Å². The number of halogens is 1. The SMILES string of the molecule is CC(=O)NCC(O)C(O)c1ccc(F)cc1C(=O)O.